The van der Waals surface area contributed by atoms with E-state index in [9.17, 15) is 0 Å². The Morgan fingerprint density at radius 1 is 0.643 bits per heavy atom. The average Bonchev–Trinajstić information content (AvgIpc) is 2.17. The normalized spacial score (nSPS) is 10.3. The third-order valence-electron chi connectivity index (χ3n) is 2.65. The topological polar surface area (TPSA) is 0 Å². The van der Waals surface area contributed by atoms with Crippen LogP contribution >= 0.6 is 7.92 Å². The molecule has 0 aliphatic carbocycles. The summed E-state index contributed by atoms with van der Waals surface area (Å²) in [6.07, 6.45) is 13.4. The summed E-state index contributed by atoms with van der Waals surface area (Å²) in [6.45, 7) is 6.96. The summed E-state index contributed by atoms with van der Waals surface area (Å²) in [4.78, 5) is 0. The maximum absolute atomic E-state index is 2.32. The second-order valence-corrected chi connectivity index (χ2v) is 7.06. The van der Waals surface area contributed by atoms with E-state index in [2.05, 4.69) is 20.8 Å². The maximum Gasteiger partial charge on any atom is 0.0571 e. The molecule has 0 amide bonds. The summed E-state index contributed by atoms with van der Waals surface area (Å²) in [5.41, 5.74) is 0. The molecule has 0 aromatic rings. The van der Waals surface area contributed by atoms with Gasteiger partial charge in [0, 0.05) is 7.92 Å². The van der Waals surface area contributed by atoms with Crippen LogP contribution in [-0.4, -0.2) is 18.5 Å². The predicted octanol–water partition coefficient (Wildman–Crippen LogP) is 1.60. The minimum atomic E-state index is 0. The highest BCUT2D eigenvalue weighted by atomic mass is 35.5. The lowest BCUT2D eigenvalue weighted by Gasteiger charge is -2.09. The van der Waals surface area contributed by atoms with Gasteiger partial charge in [-0.3, -0.25) is 0 Å². The van der Waals surface area contributed by atoms with Gasteiger partial charge in [-0.25, -0.2) is 0 Å². The van der Waals surface area contributed by atoms with Crippen LogP contribution in [0, 0.1) is 0 Å². The number of unbranched alkanes of at least 4 members (excludes halogenated alkanes) is 3. The third kappa shape index (κ3) is 10.8. The van der Waals surface area contributed by atoms with E-state index in [1.165, 1.54) is 38.5 Å². The van der Waals surface area contributed by atoms with Crippen LogP contribution in [0.2, 0.25) is 0 Å². The highest BCUT2D eigenvalue weighted by Gasteiger charge is 2.12. The number of hydrogen-bond donors (Lipinski definition) is 0. The van der Waals surface area contributed by atoms with Crippen molar-refractivity contribution in [3.05, 3.63) is 0 Å². The van der Waals surface area contributed by atoms with Gasteiger partial charge < -0.3 is 12.4 Å². The molecule has 0 nitrogen and oxygen atoms in total. The van der Waals surface area contributed by atoms with Crippen LogP contribution in [0.3, 0.4) is 0 Å². The molecular weight excluding hydrogens is 211 g/mol. The van der Waals surface area contributed by atoms with Crippen LogP contribution in [0.15, 0.2) is 0 Å². The largest absolute Gasteiger partial charge is 1.00 e. The van der Waals surface area contributed by atoms with Gasteiger partial charge in [0.05, 0.1) is 18.5 Å². The molecule has 14 heavy (non-hydrogen) atoms. The van der Waals surface area contributed by atoms with Gasteiger partial charge in [-0.1, -0.05) is 40.0 Å². The highest BCUT2D eigenvalue weighted by Crippen LogP contribution is 2.38. The lowest BCUT2D eigenvalue weighted by molar-refractivity contribution is -0.00000302. The Morgan fingerprint density at radius 3 is 1.14 bits per heavy atom. The molecule has 0 atom stereocenters. The van der Waals surface area contributed by atoms with E-state index < -0.39 is 0 Å². The highest BCUT2D eigenvalue weighted by molar-refractivity contribution is 7.57. The molecule has 0 aliphatic rings. The monoisotopic (exact) mass is 238 g/mol. The molecule has 0 N–H and O–H groups in total. The van der Waals surface area contributed by atoms with Crippen LogP contribution in [0.4, 0.5) is 0 Å². The zero-order chi connectivity index (χ0) is 9.94. The summed E-state index contributed by atoms with van der Waals surface area (Å²) >= 11 is 0. The van der Waals surface area contributed by atoms with Crippen LogP contribution in [0.5, 0.6) is 0 Å². The Kier molecular flexibility index (Phi) is 16.8. The molecule has 2 heteroatoms. The fraction of sp³-hybridized carbons (Fsp3) is 1.00. The molecule has 0 bridgehead atoms. The number of rotatable bonds is 9. The first-order valence-electron chi connectivity index (χ1n) is 6.18. The van der Waals surface area contributed by atoms with Gasteiger partial charge in [-0.05, 0) is 19.3 Å². The van der Waals surface area contributed by atoms with Crippen molar-refractivity contribution in [1.82, 2.24) is 0 Å². The van der Waals surface area contributed by atoms with E-state index in [0.29, 0.717) is 0 Å². The van der Waals surface area contributed by atoms with Crippen molar-refractivity contribution in [2.45, 2.75) is 59.3 Å². The van der Waals surface area contributed by atoms with Gasteiger partial charge in [0.1, 0.15) is 0 Å². The SMILES string of the molecule is CCCC[PH+](CCCC)CCCC.[Cl-]. The fourth-order valence-electron chi connectivity index (χ4n) is 1.66. The number of hydrogen-bond acceptors (Lipinski definition) is 0. The lowest BCUT2D eigenvalue weighted by Crippen LogP contribution is -3.00. The van der Waals surface area contributed by atoms with E-state index in [0.717, 1.165) is 0 Å². The molecule has 0 unspecified atom stereocenters. The quantitative estimate of drug-likeness (QED) is 0.536. The van der Waals surface area contributed by atoms with Crippen LogP contribution in [-0.2, 0) is 0 Å². The van der Waals surface area contributed by atoms with Crippen LogP contribution in [0.1, 0.15) is 59.3 Å². The van der Waals surface area contributed by atoms with Crippen molar-refractivity contribution < 1.29 is 12.4 Å². The molecule has 0 aromatic heterocycles. The summed E-state index contributed by atoms with van der Waals surface area (Å²) in [6, 6.07) is 0. The van der Waals surface area contributed by atoms with Crippen molar-refractivity contribution in [2.24, 2.45) is 0 Å². The minimum absolute atomic E-state index is 0. The Balaban J connectivity index is 0. The van der Waals surface area contributed by atoms with Gasteiger partial charge in [-0.15, -0.1) is 0 Å². The zero-order valence-corrected chi connectivity index (χ0v) is 12.0. The standard InChI is InChI=1S/C12H27P.ClH/c1-4-7-10-13(11-8-5-2)12-9-6-3;/h4-12H2,1-3H3;1H. The molecule has 0 rings (SSSR count). The minimum Gasteiger partial charge on any atom is -1.00 e. The summed E-state index contributed by atoms with van der Waals surface area (Å²) in [7, 11) is 0.0675. The maximum atomic E-state index is 2.32. The van der Waals surface area contributed by atoms with Gasteiger partial charge in [0.15, 0.2) is 0 Å². The first kappa shape index (κ1) is 17.1. The summed E-state index contributed by atoms with van der Waals surface area (Å²) in [5.74, 6) is 0. The molecule has 0 aromatic carbocycles. The Labute approximate surface area is 98.4 Å². The van der Waals surface area contributed by atoms with E-state index in [1.807, 2.05) is 0 Å². The van der Waals surface area contributed by atoms with E-state index in [-0.39, 0.29) is 20.3 Å². The second kappa shape index (κ2) is 13.7. The Bertz CT molecular complexity index is 77.3. The van der Waals surface area contributed by atoms with Crippen LogP contribution < -0.4 is 12.4 Å². The van der Waals surface area contributed by atoms with E-state index >= 15 is 0 Å². The van der Waals surface area contributed by atoms with Crippen LogP contribution in [0.25, 0.3) is 0 Å². The Morgan fingerprint density at radius 2 is 0.929 bits per heavy atom. The van der Waals surface area contributed by atoms with Crippen molar-refractivity contribution >= 4 is 7.92 Å². The molecule has 0 heterocycles. The van der Waals surface area contributed by atoms with Crippen molar-refractivity contribution in [1.29, 1.82) is 0 Å². The molecule has 0 fully saturated rings. The molecule has 0 saturated heterocycles. The molecular formula is C12H28ClP. The molecule has 0 aliphatic heterocycles. The lowest BCUT2D eigenvalue weighted by atomic mass is 10.4. The van der Waals surface area contributed by atoms with Crippen molar-refractivity contribution in [3.8, 4) is 0 Å². The molecule has 0 spiro atoms. The van der Waals surface area contributed by atoms with E-state index in [4.69, 9.17) is 0 Å². The van der Waals surface area contributed by atoms with Crippen molar-refractivity contribution in [2.75, 3.05) is 18.5 Å². The molecule has 0 saturated carbocycles. The van der Waals surface area contributed by atoms with Gasteiger partial charge >= 0.3 is 0 Å². The first-order valence-corrected chi connectivity index (χ1v) is 8.30. The zero-order valence-electron chi connectivity index (χ0n) is 10.2. The van der Waals surface area contributed by atoms with Gasteiger partial charge in [0.2, 0.25) is 0 Å². The molecule has 88 valence electrons. The predicted molar refractivity (Wildman–Crippen MR) is 67.6 cm³/mol. The van der Waals surface area contributed by atoms with Gasteiger partial charge in [0.25, 0.3) is 0 Å². The Hall–Kier alpha value is 0.720. The summed E-state index contributed by atoms with van der Waals surface area (Å²) < 4.78 is 0. The fourth-order valence-corrected chi connectivity index (χ4v) is 4.97. The van der Waals surface area contributed by atoms with E-state index in [1.54, 1.807) is 18.5 Å². The van der Waals surface area contributed by atoms with Crippen molar-refractivity contribution in [3.63, 3.8) is 0 Å². The third-order valence-corrected chi connectivity index (χ3v) is 5.83. The smallest absolute Gasteiger partial charge is 0.0571 e. The molecule has 0 radical (unpaired) electrons. The van der Waals surface area contributed by atoms with Gasteiger partial charge in [-0.2, -0.15) is 0 Å². The number of halogens is 1. The average molecular weight is 239 g/mol. The summed E-state index contributed by atoms with van der Waals surface area (Å²) in [5, 5.41) is 0. The second-order valence-electron chi connectivity index (χ2n) is 4.06. The first-order chi connectivity index (χ1) is 6.35.